The normalized spacial score (nSPS) is 20.9. The number of fused-ring (bicyclic) bond motifs is 4. The summed E-state index contributed by atoms with van der Waals surface area (Å²) in [6.07, 6.45) is 9.22. The fourth-order valence-corrected chi connectivity index (χ4v) is 12.4. The molecule has 0 aliphatic carbocycles. The van der Waals surface area contributed by atoms with Gasteiger partial charge in [-0.15, -0.1) is 0 Å². The smallest absolute Gasteiger partial charge is 0.318 e. The second kappa shape index (κ2) is 23.1. The van der Waals surface area contributed by atoms with Crippen molar-refractivity contribution in [1.29, 1.82) is 0 Å². The molecule has 402 valence electrons. The van der Waals surface area contributed by atoms with Crippen molar-refractivity contribution in [2.45, 2.75) is 76.7 Å². The van der Waals surface area contributed by atoms with Gasteiger partial charge in [-0.1, -0.05) is 86.0 Å². The van der Waals surface area contributed by atoms with Gasteiger partial charge in [0.05, 0.1) is 24.5 Å². The molecule has 16 nitrogen and oxygen atoms in total. The minimum absolute atomic E-state index is 0.00944. The number of aromatic nitrogens is 4. The van der Waals surface area contributed by atoms with Crippen molar-refractivity contribution >= 4 is 56.4 Å². The fraction of sp³-hybridized carbons (Fsp3) is 0.443. The molecule has 0 unspecified atom stereocenters. The Morgan fingerprint density at radius 1 is 0.558 bits per heavy atom. The lowest BCUT2D eigenvalue weighted by Gasteiger charge is -2.41. The van der Waals surface area contributed by atoms with E-state index >= 15 is 0 Å². The molecular formula is C61H74N12O4. The molecule has 16 heteroatoms. The van der Waals surface area contributed by atoms with Crippen LogP contribution in [0.15, 0.2) is 110 Å². The summed E-state index contributed by atoms with van der Waals surface area (Å²) in [6.45, 7) is 20.9. The molecular weight excluding hydrogens is 965 g/mol. The summed E-state index contributed by atoms with van der Waals surface area (Å²) in [7, 11) is 4.32. The molecule has 6 aliphatic rings. The quantitative estimate of drug-likeness (QED) is 0.113. The van der Waals surface area contributed by atoms with Crippen molar-refractivity contribution in [2.24, 2.45) is 0 Å². The van der Waals surface area contributed by atoms with Gasteiger partial charge in [-0.2, -0.15) is 19.9 Å². The topological polar surface area (TPSA) is 130 Å². The molecule has 77 heavy (non-hydrogen) atoms. The molecule has 6 aromatic rings. The maximum Gasteiger partial charge on any atom is 0.318 e. The Morgan fingerprint density at radius 2 is 1.04 bits per heavy atom. The molecule has 2 aromatic heterocycles. The van der Waals surface area contributed by atoms with E-state index in [2.05, 4.69) is 149 Å². The third kappa shape index (κ3) is 11.1. The third-order valence-electron chi connectivity index (χ3n) is 16.9. The fourth-order valence-electron chi connectivity index (χ4n) is 12.4. The number of rotatable bonds is 12. The molecule has 0 saturated carbocycles. The van der Waals surface area contributed by atoms with Gasteiger partial charge in [-0.25, -0.2) is 0 Å². The second-order valence-electron chi connectivity index (χ2n) is 21.6. The number of hydrogen-bond donors (Lipinski definition) is 0. The summed E-state index contributed by atoms with van der Waals surface area (Å²) in [5, 5.41) is 5.01. The Hall–Kier alpha value is -7.30. The Balaban J connectivity index is 0.000000164. The van der Waals surface area contributed by atoms with Gasteiger partial charge >= 0.3 is 12.0 Å². The number of nitrogens with zero attached hydrogens (tertiary/aromatic N) is 12. The second-order valence-corrected chi connectivity index (χ2v) is 21.6. The minimum Gasteiger partial charge on any atom is -0.462 e. The molecule has 0 bridgehead atoms. The highest BCUT2D eigenvalue weighted by atomic mass is 16.5. The molecule has 4 aromatic carbocycles. The molecule has 0 spiro atoms. The van der Waals surface area contributed by atoms with Crippen LogP contribution in [-0.2, 0) is 35.5 Å². The number of carbonyl (C=O) groups is 2. The summed E-state index contributed by atoms with van der Waals surface area (Å²) in [5.41, 5.74) is 6.95. The van der Waals surface area contributed by atoms with Gasteiger partial charge in [0, 0.05) is 110 Å². The van der Waals surface area contributed by atoms with Gasteiger partial charge in [-0.3, -0.25) is 9.59 Å². The third-order valence-corrected chi connectivity index (χ3v) is 16.9. The summed E-state index contributed by atoms with van der Waals surface area (Å²) in [5.74, 6) is 1.91. The van der Waals surface area contributed by atoms with E-state index in [1.807, 2.05) is 9.80 Å². The SMILES string of the molecule is C=CC(=O)N1CCN(c2nc(OC[C@@H]3CCCN3C)nc3c2CCN(c2cccc4ccccc24)C3)CC1.C=CC(=O)N1CCN(c2nc(OC[C@@H]3CCCN3C)nc3c2CCN(c2cccc4ccccc24)C3)C[C@H]1C. The number of piperazine rings is 2. The van der Waals surface area contributed by atoms with E-state index < -0.39 is 0 Å². The van der Waals surface area contributed by atoms with Crippen LogP contribution in [0, 0.1) is 0 Å². The van der Waals surface area contributed by atoms with E-state index in [4.69, 9.17) is 29.4 Å². The van der Waals surface area contributed by atoms with Crippen molar-refractivity contribution in [3.05, 3.63) is 133 Å². The minimum atomic E-state index is -0.0118. The van der Waals surface area contributed by atoms with Crippen LogP contribution in [0.1, 0.15) is 55.1 Å². The van der Waals surface area contributed by atoms with Crippen molar-refractivity contribution in [3.63, 3.8) is 0 Å². The van der Waals surface area contributed by atoms with Crippen molar-refractivity contribution in [1.82, 2.24) is 39.5 Å². The van der Waals surface area contributed by atoms with Crippen LogP contribution in [-0.4, -0.2) is 169 Å². The molecule has 0 N–H and O–H groups in total. The number of likely N-dealkylation sites (tertiary alicyclic amines) is 2. The van der Waals surface area contributed by atoms with Crippen LogP contribution in [0.5, 0.6) is 12.0 Å². The van der Waals surface area contributed by atoms with Crippen LogP contribution in [0.2, 0.25) is 0 Å². The predicted molar refractivity (Wildman–Crippen MR) is 306 cm³/mol. The summed E-state index contributed by atoms with van der Waals surface area (Å²) in [4.78, 5) is 62.3. The van der Waals surface area contributed by atoms with E-state index in [1.165, 1.54) is 69.0 Å². The first kappa shape index (κ1) is 51.8. The Bertz CT molecular complexity index is 3110. The number of likely N-dealkylation sites (N-methyl/N-ethyl adjacent to an activating group) is 2. The van der Waals surface area contributed by atoms with E-state index in [9.17, 15) is 9.59 Å². The van der Waals surface area contributed by atoms with E-state index in [-0.39, 0.29) is 17.9 Å². The lowest BCUT2D eigenvalue weighted by Crippen LogP contribution is -2.54. The summed E-state index contributed by atoms with van der Waals surface area (Å²) < 4.78 is 12.5. The molecule has 6 aliphatic heterocycles. The van der Waals surface area contributed by atoms with Crippen LogP contribution in [0.25, 0.3) is 21.5 Å². The van der Waals surface area contributed by atoms with E-state index in [0.29, 0.717) is 70.0 Å². The van der Waals surface area contributed by atoms with Gasteiger partial charge in [0.1, 0.15) is 24.8 Å². The van der Waals surface area contributed by atoms with Gasteiger partial charge in [0.15, 0.2) is 0 Å². The molecule has 4 fully saturated rings. The average molecular weight is 1040 g/mol. The zero-order chi connectivity index (χ0) is 53.0. The number of hydrogen-bond acceptors (Lipinski definition) is 14. The van der Waals surface area contributed by atoms with Crippen molar-refractivity contribution in [3.8, 4) is 12.0 Å². The first-order valence-corrected chi connectivity index (χ1v) is 27.9. The molecule has 4 saturated heterocycles. The molecule has 2 amide bonds. The Morgan fingerprint density at radius 3 is 1.52 bits per heavy atom. The van der Waals surface area contributed by atoms with Gasteiger partial charge in [0.25, 0.3) is 0 Å². The van der Waals surface area contributed by atoms with E-state index in [0.717, 1.165) is 101 Å². The molecule has 3 atom stereocenters. The number of amides is 2. The molecule has 0 radical (unpaired) electrons. The number of carbonyl (C=O) groups excluding carboxylic acids is 2. The van der Waals surface area contributed by atoms with Crippen LogP contribution >= 0.6 is 0 Å². The van der Waals surface area contributed by atoms with Gasteiger partial charge < -0.3 is 48.7 Å². The average Bonchev–Trinajstić information content (AvgIpc) is 4.15. The summed E-state index contributed by atoms with van der Waals surface area (Å²) >= 11 is 0. The highest BCUT2D eigenvalue weighted by molar-refractivity contribution is 5.95. The molecule has 12 rings (SSSR count). The highest BCUT2D eigenvalue weighted by Crippen LogP contribution is 2.37. The van der Waals surface area contributed by atoms with Crippen LogP contribution in [0.3, 0.4) is 0 Å². The monoisotopic (exact) mass is 1040 g/mol. The van der Waals surface area contributed by atoms with Crippen LogP contribution < -0.4 is 29.1 Å². The first-order valence-electron chi connectivity index (χ1n) is 27.9. The maximum atomic E-state index is 12.3. The lowest BCUT2D eigenvalue weighted by atomic mass is 10.0. The zero-order valence-electron chi connectivity index (χ0n) is 45.2. The largest absolute Gasteiger partial charge is 0.462 e. The van der Waals surface area contributed by atoms with Gasteiger partial charge in [-0.05, 0) is 108 Å². The number of benzene rings is 4. The highest BCUT2D eigenvalue weighted by Gasteiger charge is 2.34. The van der Waals surface area contributed by atoms with Gasteiger partial charge in [0.2, 0.25) is 11.8 Å². The predicted octanol–water partition coefficient (Wildman–Crippen LogP) is 7.39. The number of anilines is 4. The van der Waals surface area contributed by atoms with Crippen LogP contribution in [0.4, 0.5) is 23.0 Å². The zero-order valence-corrected chi connectivity index (χ0v) is 45.2. The maximum absolute atomic E-state index is 12.3. The standard InChI is InChI=1S/C31H38N6O2.C30H36N6O2/c1-4-29(38)37-18-17-36(19-22(37)2)30-26-14-16-35(28-13-7-10-23-9-5-6-12-25(23)28)20-27(26)32-31(33-30)39-21-24-11-8-15-34(24)3;1-3-28(37)34-16-18-35(19-17-34)29-25-13-15-36(27-12-6-9-22-8-4-5-11-24(22)27)20-26(25)31-30(32-29)38-21-23-10-7-14-33(23)2/h4-7,9-10,12-13,22,24H,1,8,11,14-21H2,2-3H3;3-6,8-9,11-12,23H,1,7,10,13-21H2,2H3/t22-,24+;23-/m10/s1. The van der Waals surface area contributed by atoms with Crippen molar-refractivity contribution < 1.29 is 19.1 Å². The summed E-state index contributed by atoms with van der Waals surface area (Å²) in [6, 6.07) is 31.9. The lowest BCUT2D eigenvalue weighted by molar-refractivity contribution is -0.128. The Kier molecular flexibility index (Phi) is 15.6. The van der Waals surface area contributed by atoms with Crippen molar-refractivity contribution in [2.75, 3.05) is 119 Å². The Labute approximate surface area is 453 Å². The first-order chi connectivity index (χ1) is 37.6. The molecule has 8 heterocycles. The number of ether oxygens (including phenoxy) is 2. The van der Waals surface area contributed by atoms with E-state index in [1.54, 1.807) is 0 Å².